The van der Waals surface area contributed by atoms with Crippen molar-refractivity contribution < 1.29 is 29.3 Å². The van der Waals surface area contributed by atoms with Crippen LogP contribution in [-0.4, -0.2) is 38.9 Å². The third-order valence-corrected chi connectivity index (χ3v) is 10.8. The van der Waals surface area contributed by atoms with Crippen molar-refractivity contribution in [3.05, 3.63) is 119 Å². The van der Waals surface area contributed by atoms with Gasteiger partial charge in [0.1, 0.15) is 0 Å². The number of nitrogens with one attached hydrogen (secondary N) is 1. The summed E-state index contributed by atoms with van der Waals surface area (Å²) in [7, 11) is 0. The number of nitrogens with zero attached hydrogens (tertiary/aromatic N) is 1. The summed E-state index contributed by atoms with van der Waals surface area (Å²) >= 11 is 3.40. The summed E-state index contributed by atoms with van der Waals surface area (Å²) in [4.78, 5) is 27.9. The number of ether oxygens (including phenoxy) is 2. The highest BCUT2D eigenvalue weighted by Gasteiger charge is 2.38. The number of benzene rings is 4. The summed E-state index contributed by atoms with van der Waals surface area (Å²) in [5, 5.41) is 21.3. The fourth-order valence-electron chi connectivity index (χ4n) is 5.83. The Hall–Kier alpha value is -4.06. The molecule has 5 aromatic rings. The minimum Gasteiger partial charge on any atom is -0.481 e. The van der Waals surface area contributed by atoms with Gasteiger partial charge in [0.05, 0.1) is 29.0 Å². The molecule has 10 heteroatoms. The number of rotatable bonds is 13. The van der Waals surface area contributed by atoms with Crippen LogP contribution in [0.25, 0.3) is 21.3 Å². The van der Waals surface area contributed by atoms with E-state index in [1.807, 2.05) is 91.0 Å². The summed E-state index contributed by atoms with van der Waals surface area (Å²) in [6, 6.07) is 32.2. The molecular formula is C38H38N2O6S2. The van der Waals surface area contributed by atoms with Crippen LogP contribution in [0, 0.1) is 5.92 Å². The molecule has 4 aromatic carbocycles. The molecule has 2 heterocycles. The molecular weight excluding hydrogens is 645 g/mol. The molecule has 0 radical (unpaired) electrons. The molecule has 0 spiro atoms. The smallest absolute Gasteiger partial charge is 0.303 e. The molecule has 0 aliphatic carbocycles. The first kappa shape index (κ1) is 33.8. The van der Waals surface area contributed by atoms with Crippen molar-refractivity contribution in [3.63, 3.8) is 0 Å². The number of thioether (sulfide) groups is 1. The number of thiazole rings is 1. The van der Waals surface area contributed by atoms with Gasteiger partial charge < -0.3 is 25.0 Å². The van der Waals surface area contributed by atoms with Crippen LogP contribution in [0.2, 0.25) is 0 Å². The molecule has 8 nitrogen and oxygen atoms in total. The van der Waals surface area contributed by atoms with E-state index in [1.54, 1.807) is 23.1 Å². The van der Waals surface area contributed by atoms with Crippen LogP contribution < -0.4 is 5.32 Å². The molecule has 0 bridgehead atoms. The summed E-state index contributed by atoms with van der Waals surface area (Å²) < 4.78 is 15.5. The van der Waals surface area contributed by atoms with Crippen molar-refractivity contribution in [2.75, 3.05) is 5.75 Å². The molecule has 1 aliphatic heterocycles. The van der Waals surface area contributed by atoms with Crippen LogP contribution in [0.5, 0.6) is 0 Å². The predicted octanol–water partition coefficient (Wildman–Crippen LogP) is 7.91. The van der Waals surface area contributed by atoms with Gasteiger partial charge in [0.25, 0.3) is 0 Å². The maximum Gasteiger partial charge on any atom is 0.303 e. The second-order valence-corrected chi connectivity index (χ2v) is 14.2. The van der Waals surface area contributed by atoms with Crippen LogP contribution in [0.1, 0.15) is 60.8 Å². The number of carboxylic acids is 1. The van der Waals surface area contributed by atoms with Gasteiger partial charge in [-0.3, -0.25) is 9.59 Å². The van der Waals surface area contributed by atoms with Crippen molar-refractivity contribution >= 4 is 45.2 Å². The van der Waals surface area contributed by atoms with Gasteiger partial charge in [-0.25, -0.2) is 4.98 Å². The summed E-state index contributed by atoms with van der Waals surface area (Å²) in [6.45, 7) is 2.50. The van der Waals surface area contributed by atoms with Gasteiger partial charge in [0, 0.05) is 36.6 Å². The van der Waals surface area contributed by atoms with Gasteiger partial charge in [0.2, 0.25) is 5.91 Å². The first-order valence-electron chi connectivity index (χ1n) is 16.0. The molecule has 1 aliphatic rings. The Kier molecular flexibility index (Phi) is 11.2. The van der Waals surface area contributed by atoms with Gasteiger partial charge in [-0.1, -0.05) is 104 Å². The fourth-order valence-corrected chi connectivity index (χ4v) is 8.09. The highest BCUT2D eigenvalue weighted by Crippen LogP contribution is 2.44. The number of hydrogen-bond acceptors (Lipinski definition) is 8. The van der Waals surface area contributed by atoms with E-state index in [4.69, 9.17) is 19.6 Å². The van der Waals surface area contributed by atoms with E-state index in [0.29, 0.717) is 13.0 Å². The van der Waals surface area contributed by atoms with Crippen molar-refractivity contribution in [3.8, 4) is 11.1 Å². The van der Waals surface area contributed by atoms with Crippen LogP contribution in [-0.2, 0) is 32.2 Å². The number of aliphatic hydroxyl groups excluding tert-OH is 1. The van der Waals surface area contributed by atoms with Gasteiger partial charge in [0.15, 0.2) is 10.6 Å². The Morgan fingerprint density at radius 1 is 0.896 bits per heavy atom. The Morgan fingerprint density at radius 3 is 2.38 bits per heavy atom. The minimum absolute atomic E-state index is 0.0107. The molecule has 3 N–H and O–H groups in total. The van der Waals surface area contributed by atoms with Crippen LogP contribution in [0.4, 0.5) is 0 Å². The third-order valence-electron chi connectivity index (χ3n) is 8.55. The fraction of sp³-hybridized carbons (Fsp3) is 0.289. The average Bonchev–Trinajstić information content (AvgIpc) is 3.54. The Bertz CT molecular complexity index is 1810. The highest BCUT2D eigenvalue weighted by molar-refractivity contribution is 8.01. The zero-order valence-corrected chi connectivity index (χ0v) is 28.2. The molecule has 1 saturated heterocycles. The van der Waals surface area contributed by atoms with E-state index in [0.717, 1.165) is 49.0 Å². The molecule has 248 valence electrons. The molecule has 4 atom stereocenters. The molecule has 6 rings (SSSR count). The monoisotopic (exact) mass is 682 g/mol. The third kappa shape index (κ3) is 8.32. The number of aliphatic hydroxyl groups is 1. The molecule has 1 amide bonds. The topological polar surface area (TPSA) is 118 Å². The molecule has 0 saturated carbocycles. The van der Waals surface area contributed by atoms with E-state index in [2.05, 4.69) is 18.3 Å². The lowest BCUT2D eigenvalue weighted by Crippen LogP contribution is -2.38. The van der Waals surface area contributed by atoms with E-state index >= 15 is 0 Å². The Morgan fingerprint density at radius 2 is 1.62 bits per heavy atom. The quantitative estimate of drug-likeness (QED) is 0.107. The second-order valence-electron chi connectivity index (χ2n) is 11.9. The molecule has 0 unspecified atom stereocenters. The zero-order chi connectivity index (χ0) is 33.5. The largest absolute Gasteiger partial charge is 0.481 e. The Labute approximate surface area is 288 Å². The van der Waals surface area contributed by atoms with Gasteiger partial charge in [-0.15, -0.1) is 11.3 Å². The predicted molar refractivity (Wildman–Crippen MR) is 189 cm³/mol. The van der Waals surface area contributed by atoms with Gasteiger partial charge in [-0.05, 0) is 46.4 Å². The van der Waals surface area contributed by atoms with Crippen molar-refractivity contribution in [2.45, 2.75) is 62.2 Å². The van der Waals surface area contributed by atoms with Crippen LogP contribution in [0.3, 0.4) is 0 Å². The maximum absolute atomic E-state index is 12.3. The lowest BCUT2D eigenvalue weighted by molar-refractivity contribution is -0.268. The van der Waals surface area contributed by atoms with Crippen molar-refractivity contribution in [2.24, 2.45) is 5.92 Å². The first-order valence-corrected chi connectivity index (χ1v) is 17.8. The summed E-state index contributed by atoms with van der Waals surface area (Å²) in [6.07, 6.45) is -0.442. The number of fused-ring (bicyclic) bond motifs is 1. The van der Waals surface area contributed by atoms with E-state index in [1.165, 1.54) is 4.70 Å². The van der Waals surface area contributed by atoms with Gasteiger partial charge in [-0.2, -0.15) is 0 Å². The van der Waals surface area contributed by atoms with Crippen molar-refractivity contribution in [1.29, 1.82) is 0 Å². The number of amides is 1. The number of para-hydroxylation sites is 1. The second kappa shape index (κ2) is 15.9. The lowest BCUT2D eigenvalue weighted by Gasteiger charge is -2.41. The number of carbonyl (C=O) groups is 2. The van der Waals surface area contributed by atoms with E-state index in [-0.39, 0.29) is 43.5 Å². The van der Waals surface area contributed by atoms with Crippen molar-refractivity contribution in [1.82, 2.24) is 10.3 Å². The number of aliphatic carboxylic acids is 1. The summed E-state index contributed by atoms with van der Waals surface area (Å²) in [5.74, 6) is -0.284. The number of hydrogen-bond donors (Lipinski definition) is 3. The summed E-state index contributed by atoms with van der Waals surface area (Å²) in [5.41, 5.74) is 6.77. The first-order chi connectivity index (χ1) is 23.4. The Balaban J connectivity index is 1.19. The van der Waals surface area contributed by atoms with Gasteiger partial charge >= 0.3 is 5.97 Å². The standard InChI is InChI=1S/C38H38N2O6S2/c1-24-32(23-47-38-40-31-9-4-5-10-33(31)48-38)45-37(46-36(24)27-15-13-25(22-41)14-16-27)28-19-17-26(18-20-28)30-8-3-2-7-29(30)21-39-34(42)11-6-12-35(43)44/h2-5,7-10,13-20,24,32,36-37,41H,6,11-12,21-23H2,1H3,(H,39,42)(H,43,44)/t24-,32+,36+,37+/m1/s1. The van der Waals surface area contributed by atoms with Crippen LogP contribution >= 0.6 is 23.1 Å². The van der Waals surface area contributed by atoms with E-state index in [9.17, 15) is 14.7 Å². The average molecular weight is 683 g/mol. The lowest BCUT2D eigenvalue weighted by atomic mass is 9.91. The minimum atomic E-state index is -0.902. The zero-order valence-electron chi connectivity index (χ0n) is 26.6. The number of carboxylic acid groups (broad SMARTS) is 1. The maximum atomic E-state index is 12.3. The highest BCUT2D eigenvalue weighted by atomic mass is 32.2. The van der Waals surface area contributed by atoms with E-state index < -0.39 is 12.3 Å². The molecule has 1 fully saturated rings. The SMILES string of the molecule is C[C@@H]1[C@H](CSc2nc3ccccc3s2)O[C@H](c2ccc(-c3ccccc3CNC(=O)CCCC(=O)O)cc2)O[C@@H]1c1ccc(CO)cc1. The number of carbonyl (C=O) groups excluding carboxylic acids is 1. The molecule has 48 heavy (non-hydrogen) atoms. The molecule has 1 aromatic heterocycles. The van der Waals surface area contributed by atoms with Crippen LogP contribution in [0.15, 0.2) is 101 Å². The number of aromatic nitrogens is 1. The normalized spacial score (nSPS) is 19.3.